The molecule has 4 nitrogen and oxygen atoms in total. The van der Waals surface area contributed by atoms with Gasteiger partial charge in [0.2, 0.25) is 5.91 Å². The fraction of sp³-hybridized carbons (Fsp3) is 0.562. The molecule has 1 amide bonds. The molecule has 1 aromatic carbocycles. The van der Waals surface area contributed by atoms with E-state index in [1.54, 1.807) is 12.1 Å². The van der Waals surface area contributed by atoms with E-state index in [0.29, 0.717) is 19.6 Å². The Hall–Kier alpha value is -1.46. The molecule has 0 bridgehead atoms. The van der Waals surface area contributed by atoms with Crippen LogP contribution in [0.3, 0.4) is 0 Å². The number of rotatable bonds is 5. The van der Waals surface area contributed by atoms with Gasteiger partial charge in [-0.2, -0.15) is 0 Å². The van der Waals surface area contributed by atoms with Crippen molar-refractivity contribution in [3.8, 4) is 0 Å². The van der Waals surface area contributed by atoms with Gasteiger partial charge < -0.3 is 15.8 Å². The maximum Gasteiger partial charge on any atom is 0.241 e. The van der Waals surface area contributed by atoms with Gasteiger partial charge in [0.05, 0.1) is 6.10 Å². The topological polar surface area (TPSA) is 64.3 Å². The number of carbonyl (C=O) groups is 1. The molecule has 21 heavy (non-hydrogen) atoms. The summed E-state index contributed by atoms with van der Waals surface area (Å²) >= 11 is 0. The van der Waals surface area contributed by atoms with Crippen molar-refractivity contribution in [1.29, 1.82) is 0 Å². The highest BCUT2D eigenvalue weighted by Gasteiger charge is 2.62. The number of carbonyl (C=O) groups excluding carboxylic acids is 1. The van der Waals surface area contributed by atoms with E-state index >= 15 is 0 Å². The van der Waals surface area contributed by atoms with Gasteiger partial charge in [0.25, 0.3) is 0 Å². The van der Waals surface area contributed by atoms with Crippen molar-refractivity contribution in [2.45, 2.75) is 45.4 Å². The second kappa shape index (κ2) is 5.73. The van der Waals surface area contributed by atoms with E-state index in [0.717, 1.165) is 5.56 Å². The summed E-state index contributed by atoms with van der Waals surface area (Å²) in [6, 6.07) is 6.04. The Kier molecular flexibility index (Phi) is 4.35. The minimum Gasteiger partial charge on any atom is -0.378 e. The molecule has 2 unspecified atom stereocenters. The largest absolute Gasteiger partial charge is 0.378 e. The van der Waals surface area contributed by atoms with Gasteiger partial charge in [0, 0.05) is 25.0 Å². The Bertz CT molecular complexity index is 516. The molecule has 3 N–H and O–H groups in total. The van der Waals surface area contributed by atoms with E-state index < -0.39 is 11.0 Å². The van der Waals surface area contributed by atoms with Gasteiger partial charge in [-0.15, -0.1) is 0 Å². The summed E-state index contributed by atoms with van der Waals surface area (Å²) in [4.78, 5) is 12.4. The molecule has 0 radical (unpaired) electrons. The lowest BCUT2D eigenvalue weighted by atomic mass is 9.54. The van der Waals surface area contributed by atoms with Crippen LogP contribution in [0.25, 0.3) is 0 Å². The Labute approximate surface area is 124 Å². The van der Waals surface area contributed by atoms with Crippen molar-refractivity contribution in [3.63, 3.8) is 0 Å². The second-order valence-corrected chi connectivity index (χ2v) is 6.15. The summed E-state index contributed by atoms with van der Waals surface area (Å²) in [5.41, 5.74) is 5.79. The highest BCUT2D eigenvalue weighted by atomic mass is 19.1. The maximum absolute atomic E-state index is 12.8. The normalized spacial score (nSPS) is 27.0. The van der Waals surface area contributed by atoms with E-state index in [4.69, 9.17) is 10.5 Å². The van der Waals surface area contributed by atoms with E-state index in [9.17, 15) is 9.18 Å². The lowest BCUT2D eigenvalue weighted by Crippen LogP contribution is -2.75. The minimum absolute atomic E-state index is 0.00377. The molecule has 1 fully saturated rings. The van der Waals surface area contributed by atoms with Crippen molar-refractivity contribution < 1.29 is 13.9 Å². The Balaban J connectivity index is 1.96. The van der Waals surface area contributed by atoms with Crippen LogP contribution in [0.1, 0.15) is 32.8 Å². The zero-order chi connectivity index (χ0) is 15.7. The number of hydrogen-bond acceptors (Lipinski definition) is 3. The zero-order valence-corrected chi connectivity index (χ0v) is 12.8. The molecule has 0 heterocycles. The fourth-order valence-corrected chi connectivity index (χ4v) is 2.76. The van der Waals surface area contributed by atoms with Gasteiger partial charge in [-0.25, -0.2) is 4.39 Å². The van der Waals surface area contributed by atoms with Gasteiger partial charge in [-0.1, -0.05) is 26.0 Å². The van der Waals surface area contributed by atoms with Crippen molar-refractivity contribution in [3.05, 3.63) is 35.6 Å². The number of amides is 1. The van der Waals surface area contributed by atoms with E-state index in [1.807, 2.05) is 20.8 Å². The first-order chi connectivity index (χ1) is 9.81. The molecule has 1 aromatic rings. The van der Waals surface area contributed by atoms with E-state index in [-0.39, 0.29) is 17.8 Å². The van der Waals surface area contributed by atoms with Crippen LogP contribution in [-0.2, 0) is 16.1 Å². The van der Waals surface area contributed by atoms with Gasteiger partial charge >= 0.3 is 0 Å². The van der Waals surface area contributed by atoms with Crippen LogP contribution < -0.4 is 11.1 Å². The molecule has 0 saturated heterocycles. The molecule has 0 aliphatic heterocycles. The lowest BCUT2D eigenvalue weighted by Gasteiger charge is -2.57. The first kappa shape index (κ1) is 15.9. The van der Waals surface area contributed by atoms with Crippen LogP contribution in [0.2, 0.25) is 0 Å². The average Bonchev–Trinajstić information content (AvgIpc) is 2.45. The summed E-state index contributed by atoms with van der Waals surface area (Å²) in [6.07, 6.45) is 0.521. The van der Waals surface area contributed by atoms with E-state index in [1.165, 1.54) is 12.1 Å². The van der Waals surface area contributed by atoms with Crippen molar-refractivity contribution in [2.75, 3.05) is 6.61 Å². The summed E-state index contributed by atoms with van der Waals surface area (Å²) in [7, 11) is 0. The number of ether oxygens (including phenoxy) is 1. The van der Waals surface area contributed by atoms with Crippen molar-refractivity contribution in [1.82, 2.24) is 5.32 Å². The van der Waals surface area contributed by atoms with Crippen LogP contribution in [0, 0.1) is 11.2 Å². The summed E-state index contributed by atoms with van der Waals surface area (Å²) < 4.78 is 18.4. The second-order valence-electron chi connectivity index (χ2n) is 6.15. The quantitative estimate of drug-likeness (QED) is 0.872. The highest BCUT2D eigenvalue weighted by Crippen LogP contribution is 2.49. The van der Waals surface area contributed by atoms with Gasteiger partial charge in [0.15, 0.2) is 0 Å². The van der Waals surface area contributed by atoms with Crippen LogP contribution >= 0.6 is 0 Å². The molecular weight excluding hydrogens is 271 g/mol. The fourth-order valence-electron chi connectivity index (χ4n) is 2.76. The standard InChI is InChI=1S/C16H23FN2O2/c1-4-21-13-9-16(18,15(13,2)3)14(20)19-10-11-5-7-12(17)8-6-11/h5-8,13H,4,9-10,18H2,1-3H3,(H,19,20). The molecule has 2 atom stereocenters. The highest BCUT2D eigenvalue weighted by molar-refractivity contribution is 5.88. The van der Waals surface area contributed by atoms with Crippen LogP contribution in [0.5, 0.6) is 0 Å². The Morgan fingerprint density at radius 2 is 2.05 bits per heavy atom. The van der Waals surface area contributed by atoms with Crippen molar-refractivity contribution in [2.24, 2.45) is 11.1 Å². The number of hydrogen-bond donors (Lipinski definition) is 2. The summed E-state index contributed by atoms with van der Waals surface area (Å²) in [5.74, 6) is -0.479. The molecule has 1 aliphatic rings. The summed E-state index contributed by atoms with van der Waals surface area (Å²) in [6.45, 7) is 6.79. The molecule has 0 spiro atoms. The SMILES string of the molecule is CCOC1CC(N)(C(=O)NCc2ccc(F)cc2)C1(C)C. The molecule has 5 heteroatoms. The monoisotopic (exact) mass is 294 g/mol. The van der Waals surface area contributed by atoms with E-state index in [2.05, 4.69) is 5.32 Å². The third-order valence-corrected chi connectivity index (χ3v) is 4.60. The van der Waals surface area contributed by atoms with Crippen molar-refractivity contribution >= 4 is 5.91 Å². The zero-order valence-electron chi connectivity index (χ0n) is 12.8. The third kappa shape index (κ3) is 2.80. The number of nitrogens with one attached hydrogen (secondary N) is 1. The van der Waals surface area contributed by atoms with Gasteiger partial charge in [-0.3, -0.25) is 4.79 Å². The molecule has 2 rings (SSSR count). The first-order valence-corrected chi connectivity index (χ1v) is 7.24. The third-order valence-electron chi connectivity index (χ3n) is 4.60. The molecule has 1 saturated carbocycles. The summed E-state index contributed by atoms with van der Waals surface area (Å²) in [5, 5.41) is 2.84. The van der Waals surface area contributed by atoms with Crippen LogP contribution in [0.15, 0.2) is 24.3 Å². The molecule has 0 aromatic heterocycles. The smallest absolute Gasteiger partial charge is 0.241 e. The lowest BCUT2D eigenvalue weighted by molar-refractivity contribution is -0.170. The minimum atomic E-state index is -0.924. The number of halogens is 1. The number of benzene rings is 1. The molecule has 1 aliphatic carbocycles. The maximum atomic E-state index is 12.8. The van der Waals surface area contributed by atoms with Gasteiger partial charge in [0.1, 0.15) is 11.4 Å². The molecular formula is C16H23FN2O2. The predicted octanol–water partition coefficient (Wildman–Crippen LogP) is 1.97. The predicted molar refractivity (Wildman–Crippen MR) is 79.0 cm³/mol. The number of nitrogens with two attached hydrogens (primary N) is 1. The van der Waals surface area contributed by atoms with Crippen LogP contribution in [-0.4, -0.2) is 24.2 Å². The Morgan fingerprint density at radius 1 is 1.43 bits per heavy atom. The Morgan fingerprint density at radius 3 is 2.57 bits per heavy atom. The van der Waals surface area contributed by atoms with Crippen LogP contribution in [0.4, 0.5) is 4.39 Å². The average molecular weight is 294 g/mol. The first-order valence-electron chi connectivity index (χ1n) is 7.24. The molecule has 116 valence electrons. The van der Waals surface area contributed by atoms with Gasteiger partial charge in [-0.05, 0) is 24.6 Å².